The number of hydrogen-bond donors (Lipinski definition) is 1. The van der Waals surface area contributed by atoms with Crippen LogP contribution in [0.2, 0.25) is 10.0 Å². The SMILES string of the molecule is COc1ccc(CNC(=O)[C@H](C)OC(=O)Cc2ccc(Cl)cc2Cl)cc1. The molecule has 1 amide bonds. The molecular formula is C19H19Cl2NO4. The lowest BCUT2D eigenvalue weighted by molar-refractivity contribution is -0.154. The molecule has 0 spiro atoms. The summed E-state index contributed by atoms with van der Waals surface area (Å²) in [4.78, 5) is 24.1. The molecule has 1 N–H and O–H groups in total. The van der Waals surface area contributed by atoms with Crippen molar-refractivity contribution in [3.8, 4) is 5.75 Å². The lowest BCUT2D eigenvalue weighted by Gasteiger charge is -2.14. The number of hydrogen-bond acceptors (Lipinski definition) is 4. The van der Waals surface area contributed by atoms with E-state index in [1.165, 1.54) is 6.92 Å². The third kappa shape index (κ3) is 5.93. The first-order valence-electron chi connectivity index (χ1n) is 7.93. The molecule has 0 fully saturated rings. The van der Waals surface area contributed by atoms with E-state index in [1.54, 1.807) is 37.4 Å². The third-order valence-corrected chi connectivity index (χ3v) is 4.24. The number of amides is 1. The van der Waals surface area contributed by atoms with Gasteiger partial charge in [0.2, 0.25) is 0 Å². The molecule has 1 atom stereocenters. The van der Waals surface area contributed by atoms with Gasteiger partial charge < -0.3 is 14.8 Å². The van der Waals surface area contributed by atoms with E-state index in [-0.39, 0.29) is 12.3 Å². The highest BCUT2D eigenvalue weighted by atomic mass is 35.5. The molecule has 2 aromatic carbocycles. The van der Waals surface area contributed by atoms with Gasteiger partial charge in [-0.15, -0.1) is 0 Å². The van der Waals surface area contributed by atoms with Gasteiger partial charge in [-0.05, 0) is 42.3 Å². The van der Waals surface area contributed by atoms with E-state index in [4.69, 9.17) is 32.7 Å². The number of carbonyl (C=O) groups is 2. The van der Waals surface area contributed by atoms with Crippen molar-refractivity contribution in [1.82, 2.24) is 5.32 Å². The Morgan fingerprint density at radius 1 is 1.12 bits per heavy atom. The first kappa shape index (κ1) is 20.1. The number of benzene rings is 2. The summed E-state index contributed by atoms with van der Waals surface area (Å²) in [7, 11) is 1.59. The van der Waals surface area contributed by atoms with Gasteiger partial charge in [0, 0.05) is 16.6 Å². The molecule has 0 aromatic heterocycles. The van der Waals surface area contributed by atoms with E-state index in [0.717, 1.165) is 11.3 Å². The van der Waals surface area contributed by atoms with Gasteiger partial charge in [-0.25, -0.2) is 0 Å². The fraction of sp³-hybridized carbons (Fsp3) is 0.263. The maximum Gasteiger partial charge on any atom is 0.311 e. The summed E-state index contributed by atoms with van der Waals surface area (Å²) in [5.74, 6) is -0.180. The molecule has 0 bridgehead atoms. The van der Waals surface area contributed by atoms with Gasteiger partial charge in [0.25, 0.3) is 5.91 Å². The lowest BCUT2D eigenvalue weighted by Crippen LogP contribution is -2.35. The number of rotatable bonds is 7. The van der Waals surface area contributed by atoms with Gasteiger partial charge in [-0.2, -0.15) is 0 Å². The van der Waals surface area contributed by atoms with Crippen LogP contribution in [-0.4, -0.2) is 25.1 Å². The Hall–Kier alpha value is -2.24. The topological polar surface area (TPSA) is 64.6 Å². The third-order valence-electron chi connectivity index (χ3n) is 3.65. The van der Waals surface area contributed by atoms with Crippen molar-refractivity contribution < 1.29 is 19.1 Å². The Morgan fingerprint density at radius 2 is 1.81 bits per heavy atom. The molecule has 138 valence electrons. The monoisotopic (exact) mass is 395 g/mol. The van der Waals surface area contributed by atoms with Crippen LogP contribution in [0.25, 0.3) is 0 Å². The maximum atomic E-state index is 12.1. The van der Waals surface area contributed by atoms with Crippen LogP contribution in [0, 0.1) is 0 Å². The van der Waals surface area contributed by atoms with Crippen molar-refractivity contribution in [2.75, 3.05) is 7.11 Å². The Bertz CT molecular complexity index is 778. The van der Waals surface area contributed by atoms with E-state index in [0.29, 0.717) is 22.2 Å². The van der Waals surface area contributed by atoms with Crippen LogP contribution >= 0.6 is 23.2 Å². The average molecular weight is 396 g/mol. The number of methoxy groups -OCH3 is 1. The Labute approximate surface area is 162 Å². The maximum absolute atomic E-state index is 12.1. The van der Waals surface area contributed by atoms with Gasteiger partial charge in [0.15, 0.2) is 6.10 Å². The normalized spacial score (nSPS) is 11.5. The molecule has 0 unspecified atom stereocenters. The first-order valence-corrected chi connectivity index (χ1v) is 8.68. The highest BCUT2D eigenvalue weighted by molar-refractivity contribution is 6.35. The summed E-state index contributed by atoms with van der Waals surface area (Å²) in [6.45, 7) is 1.85. The van der Waals surface area contributed by atoms with Gasteiger partial charge >= 0.3 is 5.97 Å². The number of halogens is 2. The van der Waals surface area contributed by atoms with Gasteiger partial charge in [-0.1, -0.05) is 41.4 Å². The van der Waals surface area contributed by atoms with E-state index in [9.17, 15) is 9.59 Å². The molecule has 7 heteroatoms. The molecule has 26 heavy (non-hydrogen) atoms. The van der Waals surface area contributed by atoms with Crippen molar-refractivity contribution >= 4 is 35.1 Å². The minimum Gasteiger partial charge on any atom is -0.497 e. The molecule has 0 heterocycles. The zero-order valence-corrected chi connectivity index (χ0v) is 15.9. The van der Waals surface area contributed by atoms with E-state index < -0.39 is 12.1 Å². The zero-order valence-electron chi connectivity index (χ0n) is 14.4. The van der Waals surface area contributed by atoms with Crippen molar-refractivity contribution in [2.24, 2.45) is 0 Å². The number of carbonyl (C=O) groups excluding carboxylic acids is 2. The smallest absolute Gasteiger partial charge is 0.311 e. The summed E-state index contributed by atoms with van der Waals surface area (Å²) in [6, 6.07) is 12.1. The van der Waals surface area contributed by atoms with E-state index >= 15 is 0 Å². The van der Waals surface area contributed by atoms with Gasteiger partial charge in [-0.3, -0.25) is 9.59 Å². The van der Waals surface area contributed by atoms with Crippen LogP contribution in [0.5, 0.6) is 5.75 Å². The zero-order chi connectivity index (χ0) is 19.1. The predicted molar refractivity (Wildman–Crippen MR) is 101 cm³/mol. The molecule has 0 saturated carbocycles. The summed E-state index contributed by atoms with van der Waals surface area (Å²) in [5, 5.41) is 3.59. The highest BCUT2D eigenvalue weighted by Gasteiger charge is 2.18. The van der Waals surface area contributed by atoms with Crippen molar-refractivity contribution in [1.29, 1.82) is 0 Å². The number of ether oxygens (including phenoxy) is 2. The molecule has 0 radical (unpaired) electrons. The van der Waals surface area contributed by atoms with Gasteiger partial charge in [0.05, 0.1) is 13.5 Å². The quantitative estimate of drug-likeness (QED) is 0.724. The summed E-state index contributed by atoms with van der Waals surface area (Å²) < 4.78 is 10.2. The number of nitrogens with one attached hydrogen (secondary N) is 1. The van der Waals surface area contributed by atoms with Crippen molar-refractivity contribution in [2.45, 2.75) is 26.0 Å². The average Bonchev–Trinajstić information content (AvgIpc) is 2.62. The summed E-state index contributed by atoms with van der Waals surface area (Å²) in [6.07, 6.45) is -0.946. The lowest BCUT2D eigenvalue weighted by atomic mass is 10.1. The molecular weight excluding hydrogens is 377 g/mol. The molecule has 5 nitrogen and oxygen atoms in total. The van der Waals surface area contributed by atoms with Crippen LogP contribution < -0.4 is 10.1 Å². The molecule has 0 saturated heterocycles. The minimum atomic E-state index is -0.910. The molecule has 0 aliphatic rings. The molecule has 0 aliphatic carbocycles. The van der Waals surface area contributed by atoms with Crippen LogP contribution in [-0.2, 0) is 27.3 Å². The molecule has 2 rings (SSSR count). The summed E-state index contributed by atoms with van der Waals surface area (Å²) >= 11 is 11.9. The second kappa shape index (κ2) is 9.46. The van der Waals surface area contributed by atoms with Crippen LogP contribution in [0.15, 0.2) is 42.5 Å². The van der Waals surface area contributed by atoms with Crippen LogP contribution in [0.4, 0.5) is 0 Å². The highest BCUT2D eigenvalue weighted by Crippen LogP contribution is 2.21. The Balaban J connectivity index is 1.82. The largest absolute Gasteiger partial charge is 0.497 e. The van der Waals surface area contributed by atoms with Crippen molar-refractivity contribution in [3.63, 3.8) is 0 Å². The number of esters is 1. The Morgan fingerprint density at radius 3 is 2.42 bits per heavy atom. The second-order valence-corrected chi connectivity index (χ2v) is 6.45. The van der Waals surface area contributed by atoms with E-state index in [2.05, 4.69) is 5.32 Å². The molecule has 2 aromatic rings. The second-order valence-electron chi connectivity index (χ2n) is 5.61. The standard InChI is InChI=1S/C19H19Cl2NO4/c1-12(19(24)22-11-13-3-7-16(25-2)8-4-13)26-18(23)9-14-5-6-15(20)10-17(14)21/h3-8,10,12H,9,11H2,1-2H3,(H,22,24)/t12-/m0/s1. The van der Waals surface area contributed by atoms with E-state index in [1.807, 2.05) is 12.1 Å². The molecule has 0 aliphatic heterocycles. The van der Waals surface area contributed by atoms with Gasteiger partial charge in [0.1, 0.15) is 5.75 Å². The predicted octanol–water partition coefficient (Wildman–Crippen LogP) is 3.79. The minimum absolute atomic E-state index is 0.0356. The fourth-order valence-corrected chi connectivity index (χ4v) is 2.66. The Kier molecular flexibility index (Phi) is 7.30. The van der Waals surface area contributed by atoms with Crippen LogP contribution in [0.3, 0.4) is 0 Å². The fourth-order valence-electron chi connectivity index (χ4n) is 2.19. The van der Waals surface area contributed by atoms with Crippen molar-refractivity contribution in [3.05, 3.63) is 63.6 Å². The van der Waals surface area contributed by atoms with Crippen LogP contribution in [0.1, 0.15) is 18.1 Å². The first-order chi connectivity index (χ1) is 12.4. The summed E-state index contributed by atoms with van der Waals surface area (Å²) in [5.41, 5.74) is 1.50.